The molecule has 2 N–H and O–H groups in total. The van der Waals surface area contributed by atoms with Gasteiger partial charge in [-0.2, -0.15) is 11.8 Å². The Kier molecular flexibility index (Phi) is 10.0. The minimum Gasteiger partial charge on any atom is -0.357 e. The fourth-order valence-electron chi connectivity index (χ4n) is 2.83. The summed E-state index contributed by atoms with van der Waals surface area (Å²) < 4.78 is 0.202. The maximum absolute atomic E-state index is 4.72. The number of unbranched alkanes of at least 4 members (excludes halogenated alkanes) is 1. The Morgan fingerprint density at radius 2 is 2.09 bits per heavy atom. The maximum Gasteiger partial charge on any atom is 0.191 e. The number of likely N-dealkylation sites (tertiary alicyclic amines) is 1. The van der Waals surface area contributed by atoms with Crippen LogP contribution in [0.4, 0.5) is 0 Å². The number of nitrogens with one attached hydrogen (secondary N) is 2. The van der Waals surface area contributed by atoms with Gasteiger partial charge in [-0.3, -0.25) is 4.99 Å². The molecule has 1 saturated heterocycles. The van der Waals surface area contributed by atoms with Crippen molar-refractivity contribution in [2.75, 3.05) is 45.5 Å². The Hall–Kier alpha value is -0.420. The van der Waals surface area contributed by atoms with Crippen LogP contribution in [0.3, 0.4) is 0 Å². The molecule has 1 unspecified atom stereocenters. The van der Waals surface area contributed by atoms with Crippen molar-refractivity contribution in [1.29, 1.82) is 0 Å². The highest BCUT2D eigenvalue weighted by Gasteiger charge is 2.16. The number of piperidine rings is 1. The third-order valence-electron chi connectivity index (χ3n) is 4.45. The summed E-state index contributed by atoms with van der Waals surface area (Å²) in [6, 6.07) is 0. The molecule has 0 bridgehead atoms. The molecule has 1 atom stereocenters. The first kappa shape index (κ1) is 20.6. The number of rotatable bonds is 9. The molecule has 1 aliphatic rings. The summed E-state index contributed by atoms with van der Waals surface area (Å²) in [6.45, 7) is 15.6. The summed E-state index contributed by atoms with van der Waals surface area (Å²) in [5.74, 6) is 1.84. The molecule has 0 aliphatic carbocycles. The minimum absolute atomic E-state index is 0.202. The molecule has 1 fully saturated rings. The standard InChI is InChI=1S/C18H38N4S/c1-6-19-17(21-15-18(3,4)23-5)20-11-7-8-12-22-13-9-10-16(2)14-22/h16H,6-15H2,1-5H3,(H2,19,20,21). The second-order valence-electron chi connectivity index (χ2n) is 7.34. The summed E-state index contributed by atoms with van der Waals surface area (Å²) >= 11 is 1.87. The van der Waals surface area contributed by atoms with Gasteiger partial charge >= 0.3 is 0 Å². The van der Waals surface area contributed by atoms with Gasteiger partial charge in [-0.05, 0) is 71.7 Å². The molecule has 0 aromatic heterocycles. The highest BCUT2D eigenvalue weighted by Crippen LogP contribution is 2.21. The van der Waals surface area contributed by atoms with Crippen LogP contribution in [0.25, 0.3) is 0 Å². The quantitative estimate of drug-likeness (QED) is 0.383. The number of guanidine groups is 1. The molecule has 0 amide bonds. The molecule has 0 aromatic rings. The highest BCUT2D eigenvalue weighted by atomic mass is 32.2. The van der Waals surface area contributed by atoms with E-state index < -0.39 is 0 Å². The van der Waals surface area contributed by atoms with Gasteiger partial charge in [0.1, 0.15) is 0 Å². The fraction of sp³-hybridized carbons (Fsp3) is 0.944. The predicted molar refractivity (Wildman–Crippen MR) is 106 cm³/mol. The van der Waals surface area contributed by atoms with Gasteiger partial charge in [0.05, 0.1) is 6.54 Å². The first-order valence-corrected chi connectivity index (χ1v) is 10.5. The second-order valence-corrected chi connectivity index (χ2v) is 8.85. The van der Waals surface area contributed by atoms with E-state index in [2.05, 4.69) is 49.5 Å². The molecule has 0 saturated carbocycles. The third-order valence-corrected chi connectivity index (χ3v) is 5.68. The molecule has 1 rings (SSSR count). The van der Waals surface area contributed by atoms with Gasteiger partial charge in [-0.25, -0.2) is 0 Å². The van der Waals surface area contributed by atoms with Gasteiger partial charge in [0.2, 0.25) is 0 Å². The molecular weight excluding hydrogens is 304 g/mol. The van der Waals surface area contributed by atoms with E-state index in [1.807, 2.05) is 11.8 Å². The van der Waals surface area contributed by atoms with Crippen molar-refractivity contribution >= 4 is 17.7 Å². The van der Waals surface area contributed by atoms with Gasteiger partial charge in [0.25, 0.3) is 0 Å². The van der Waals surface area contributed by atoms with Gasteiger partial charge in [0.15, 0.2) is 5.96 Å². The van der Waals surface area contributed by atoms with Gasteiger partial charge < -0.3 is 15.5 Å². The van der Waals surface area contributed by atoms with Crippen LogP contribution < -0.4 is 10.6 Å². The average Bonchev–Trinajstić information content (AvgIpc) is 2.52. The Labute approximate surface area is 148 Å². The Morgan fingerprint density at radius 3 is 2.74 bits per heavy atom. The molecule has 1 heterocycles. The zero-order valence-electron chi connectivity index (χ0n) is 16.0. The van der Waals surface area contributed by atoms with E-state index in [0.717, 1.165) is 31.5 Å². The second kappa shape index (κ2) is 11.2. The van der Waals surface area contributed by atoms with Crippen LogP contribution in [0, 0.1) is 5.92 Å². The van der Waals surface area contributed by atoms with Crippen LogP contribution in [0.15, 0.2) is 4.99 Å². The van der Waals surface area contributed by atoms with Crippen LogP contribution >= 0.6 is 11.8 Å². The predicted octanol–water partition coefficient (Wildman–Crippen LogP) is 3.20. The lowest BCUT2D eigenvalue weighted by molar-refractivity contribution is 0.181. The number of thioether (sulfide) groups is 1. The largest absolute Gasteiger partial charge is 0.357 e. The number of aliphatic imine (C=N–C) groups is 1. The van der Waals surface area contributed by atoms with Crippen molar-refractivity contribution in [1.82, 2.24) is 15.5 Å². The van der Waals surface area contributed by atoms with Crippen LogP contribution in [0.2, 0.25) is 0 Å². The number of nitrogens with zero attached hydrogens (tertiary/aromatic N) is 2. The minimum atomic E-state index is 0.202. The van der Waals surface area contributed by atoms with Crippen molar-refractivity contribution in [3.05, 3.63) is 0 Å². The average molecular weight is 343 g/mol. The molecular formula is C18H38N4S. The van der Waals surface area contributed by atoms with E-state index in [1.165, 1.54) is 45.3 Å². The lowest BCUT2D eigenvalue weighted by Crippen LogP contribution is -2.39. The lowest BCUT2D eigenvalue weighted by Gasteiger charge is -2.30. The summed E-state index contributed by atoms with van der Waals surface area (Å²) in [4.78, 5) is 7.35. The van der Waals surface area contributed by atoms with Crippen molar-refractivity contribution in [2.45, 2.75) is 58.1 Å². The molecule has 136 valence electrons. The van der Waals surface area contributed by atoms with E-state index in [0.29, 0.717) is 0 Å². The van der Waals surface area contributed by atoms with Gasteiger partial charge in [0, 0.05) is 24.4 Å². The molecule has 0 aromatic carbocycles. The fourth-order valence-corrected chi connectivity index (χ4v) is 3.03. The zero-order chi connectivity index (χ0) is 17.1. The van der Waals surface area contributed by atoms with Crippen molar-refractivity contribution in [3.8, 4) is 0 Å². The Bertz CT molecular complexity index is 344. The van der Waals surface area contributed by atoms with Crippen LogP contribution in [-0.2, 0) is 0 Å². The third kappa shape index (κ3) is 9.46. The highest BCUT2D eigenvalue weighted by molar-refractivity contribution is 7.99. The molecule has 1 aliphatic heterocycles. The van der Waals surface area contributed by atoms with Gasteiger partial charge in [-0.15, -0.1) is 0 Å². The van der Waals surface area contributed by atoms with Gasteiger partial charge in [-0.1, -0.05) is 6.92 Å². The first-order valence-electron chi connectivity index (χ1n) is 9.26. The van der Waals surface area contributed by atoms with E-state index in [-0.39, 0.29) is 4.75 Å². The van der Waals surface area contributed by atoms with Crippen LogP contribution in [0.1, 0.15) is 53.4 Å². The van der Waals surface area contributed by atoms with Crippen LogP contribution in [0.5, 0.6) is 0 Å². The molecule has 0 spiro atoms. The first-order chi connectivity index (χ1) is 11.0. The lowest BCUT2D eigenvalue weighted by atomic mass is 10.0. The smallest absolute Gasteiger partial charge is 0.191 e. The summed E-state index contributed by atoms with van der Waals surface area (Å²) in [5, 5.41) is 6.82. The van der Waals surface area contributed by atoms with Crippen molar-refractivity contribution in [2.24, 2.45) is 10.9 Å². The number of hydrogen-bond acceptors (Lipinski definition) is 3. The van der Waals surface area contributed by atoms with Crippen molar-refractivity contribution < 1.29 is 0 Å². The molecule has 0 radical (unpaired) electrons. The monoisotopic (exact) mass is 342 g/mol. The SMILES string of the molecule is CCNC(=NCC(C)(C)SC)NCCCCN1CCCC(C)C1. The topological polar surface area (TPSA) is 39.7 Å². The summed E-state index contributed by atoms with van der Waals surface area (Å²) in [6.07, 6.45) is 7.42. The number of hydrogen-bond donors (Lipinski definition) is 2. The summed E-state index contributed by atoms with van der Waals surface area (Å²) in [5.41, 5.74) is 0. The van der Waals surface area contributed by atoms with E-state index in [1.54, 1.807) is 0 Å². The van der Waals surface area contributed by atoms with Crippen molar-refractivity contribution in [3.63, 3.8) is 0 Å². The normalized spacial score (nSPS) is 20.6. The van der Waals surface area contributed by atoms with E-state index >= 15 is 0 Å². The van der Waals surface area contributed by atoms with E-state index in [9.17, 15) is 0 Å². The molecule has 23 heavy (non-hydrogen) atoms. The Balaban J connectivity index is 2.20. The zero-order valence-corrected chi connectivity index (χ0v) is 16.8. The van der Waals surface area contributed by atoms with Crippen LogP contribution in [-0.4, -0.2) is 61.1 Å². The maximum atomic E-state index is 4.72. The van der Waals surface area contributed by atoms with E-state index in [4.69, 9.17) is 4.99 Å². The summed E-state index contributed by atoms with van der Waals surface area (Å²) in [7, 11) is 0. The Morgan fingerprint density at radius 1 is 1.30 bits per heavy atom. The molecule has 4 nitrogen and oxygen atoms in total. The molecule has 5 heteroatoms.